The van der Waals surface area contributed by atoms with Gasteiger partial charge < -0.3 is 10.4 Å². The molecule has 1 aromatic rings. The number of rotatable bonds is 6. The summed E-state index contributed by atoms with van der Waals surface area (Å²) >= 11 is 0. The Labute approximate surface area is 105 Å². The van der Waals surface area contributed by atoms with Crippen LogP contribution >= 0.6 is 0 Å². The molecular weight excluding hydrogens is 234 g/mol. The first kappa shape index (κ1) is 13.9. The van der Waals surface area contributed by atoms with Gasteiger partial charge in [0.25, 0.3) is 5.91 Å². The van der Waals surface area contributed by atoms with E-state index >= 15 is 0 Å². The van der Waals surface area contributed by atoms with Crippen LogP contribution in [0, 0.1) is 6.92 Å². The zero-order chi connectivity index (χ0) is 13.5. The highest BCUT2D eigenvalue weighted by Gasteiger charge is 2.09. The van der Waals surface area contributed by atoms with E-state index in [1.165, 1.54) is 0 Å². The van der Waals surface area contributed by atoms with Gasteiger partial charge in [-0.15, -0.1) is 0 Å². The number of hydrogen-bond acceptors (Lipinski definition) is 3. The fraction of sp³-hybridized carbons (Fsp3) is 0.308. The lowest BCUT2D eigenvalue weighted by molar-refractivity contribution is -0.138. The van der Waals surface area contributed by atoms with E-state index in [0.29, 0.717) is 5.56 Å². The first-order valence-corrected chi connectivity index (χ1v) is 5.57. The largest absolute Gasteiger partial charge is 0.481 e. The first-order valence-electron chi connectivity index (χ1n) is 5.57. The normalized spacial score (nSPS) is 9.83. The number of hydrogen-bond donors (Lipinski definition) is 2. The van der Waals surface area contributed by atoms with E-state index in [0.717, 1.165) is 5.56 Å². The molecule has 0 spiro atoms. The Balaban J connectivity index is 2.42. The van der Waals surface area contributed by atoms with Crippen molar-refractivity contribution in [3.05, 3.63) is 35.4 Å². The van der Waals surface area contributed by atoms with Crippen LogP contribution in [0.5, 0.6) is 0 Å². The number of carboxylic acids is 1. The molecule has 0 aromatic heterocycles. The van der Waals surface area contributed by atoms with Crippen LogP contribution in [0.15, 0.2) is 24.3 Å². The number of carbonyl (C=O) groups excluding carboxylic acids is 2. The van der Waals surface area contributed by atoms with Crippen LogP contribution in [0.4, 0.5) is 0 Å². The highest BCUT2D eigenvalue weighted by molar-refractivity contribution is 5.97. The van der Waals surface area contributed by atoms with Crippen molar-refractivity contribution in [1.82, 2.24) is 5.32 Å². The SMILES string of the molecule is Cc1cccc(C(=O)NCC(=O)CCC(=O)O)c1. The van der Waals surface area contributed by atoms with E-state index in [1.54, 1.807) is 18.2 Å². The summed E-state index contributed by atoms with van der Waals surface area (Å²) in [4.78, 5) is 33.2. The maximum Gasteiger partial charge on any atom is 0.303 e. The number of Topliss-reactive ketones (excluding diaryl/α,β-unsaturated/α-hetero) is 1. The molecule has 0 saturated heterocycles. The number of ketones is 1. The lowest BCUT2D eigenvalue weighted by Gasteiger charge is -2.04. The second-order valence-corrected chi connectivity index (χ2v) is 3.98. The van der Waals surface area contributed by atoms with Crippen LogP contribution in [0.1, 0.15) is 28.8 Å². The van der Waals surface area contributed by atoms with Crippen molar-refractivity contribution >= 4 is 17.7 Å². The molecule has 0 unspecified atom stereocenters. The average molecular weight is 249 g/mol. The maximum atomic E-state index is 11.7. The second-order valence-electron chi connectivity index (χ2n) is 3.98. The van der Waals surface area contributed by atoms with Crippen LogP contribution in [0.3, 0.4) is 0 Å². The summed E-state index contributed by atoms with van der Waals surface area (Å²) in [5.41, 5.74) is 1.45. The van der Waals surface area contributed by atoms with Crippen LogP contribution in [-0.2, 0) is 9.59 Å². The highest BCUT2D eigenvalue weighted by Crippen LogP contribution is 2.03. The van der Waals surface area contributed by atoms with Crippen molar-refractivity contribution in [3.8, 4) is 0 Å². The van der Waals surface area contributed by atoms with Crippen molar-refractivity contribution in [2.24, 2.45) is 0 Å². The van der Waals surface area contributed by atoms with Crippen molar-refractivity contribution in [3.63, 3.8) is 0 Å². The number of amides is 1. The second kappa shape index (κ2) is 6.54. The molecule has 1 aromatic carbocycles. The molecule has 2 N–H and O–H groups in total. The minimum atomic E-state index is -1.02. The zero-order valence-corrected chi connectivity index (χ0v) is 10.1. The third kappa shape index (κ3) is 4.78. The summed E-state index contributed by atoms with van der Waals surface area (Å²) < 4.78 is 0. The zero-order valence-electron chi connectivity index (χ0n) is 10.1. The van der Waals surface area contributed by atoms with Crippen molar-refractivity contribution in [1.29, 1.82) is 0 Å². The van der Waals surface area contributed by atoms with Gasteiger partial charge in [-0.3, -0.25) is 14.4 Å². The Morgan fingerprint density at radius 2 is 1.94 bits per heavy atom. The number of aliphatic carboxylic acids is 1. The number of carboxylic acid groups (broad SMARTS) is 1. The maximum absolute atomic E-state index is 11.7. The van der Waals surface area contributed by atoms with Crippen LogP contribution < -0.4 is 5.32 Å². The molecule has 1 amide bonds. The molecule has 0 bridgehead atoms. The lowest BCUT2D eigenvalue weighted by atomic mass is 10.1. The van der Waals surface area contributed by atoms with Crippen molar-refractivity contribution in [2.75, 3.05) is 6.54 Å². The third-order valence-electron chi connectivity index (χ3n) is 2.34. The lowest BCUT2D eigenvalue weighted by Crippen LogP contribution is -2.29. The van der Waals surface area contributed by atoms with Crippen molar-refractivity contribution in [2.45, 2.75) is 19.8 Å². The fourth-order valence-electron chi connectivity index (χ4n) is 1.40. The van der Waals surface area contributed by atoms with Crippen LogP contribution in [0.2, 0.25) is 0 Å². The van der Waals surface area contributed by atoms with Gasteiger partial charge in [0.05, 0.1) is 13.0 Å². The smallest absolute Gasteiger partial charge is 0.303 e. The average Bonchev–Trinajstić information content (AvgIpc) is 2.33. The summed E-state index contributed by atoms with van der Waals surface area (Å²) in [6, 6.07) is 7.01. The number of carbonyl (C=O) groups is 3. The molecule has 18 heavy (non-hydrogen) atoms. The van der Waals surface area contributed by atoms with Gasteiger partial charge in [0.1, 0.15) is 0 Å². The standard InChI is InChI=1S/C13H15NO4/c1-9-3-2-4-10(7-9)13(18)14-8-11(15)5-6-12(16)17/h2-4,7H,5-6,8H2,1H3,(H,14,18)(H,16,17). The predicted molar refractivity (Wildman–Crippen MR) is 65.4 cm³/mol. The van der Waals surface area contributed by atoms with Gasteiger partial charge in [-0.05, 0) is 19.1 Å². The Morgan fingerprint density at radius 3 is 2.56 bits per heavy atom. The highest BCUT2D eigenvalue weighted by atomic mass is 16.4. The van der Waals surface area contributed by atoms with E-state index in [1.807, 2.05) is 13.0 Å². The summed E-state index contributed by atoms with van der Waals surface area (Å²) in [6.45, 7) is 1.73. The molecule has 0 atom stereocenters. The molecular formula is C13H15NO4. The minimum Gasteiger partial charge on any atom is -0.481 e. The molecule has 0 fully saturated rings. The van der Waals surface area contributed by atoms with E-state index in [4.69, 9.17) is 5.11 Å². The quantitative estimate of drug-likeness (QED) is 0.792. The van der Waals surface area contributed by atoms with E-state index in [9.17, 15) is 14.4 Å². The Kier molecular flexibility index (Phi) is 5.05. The molecule has 0 saturated carbocycles. The van der Waals surface area contributed by atoms with Gasteiger partial charge in [-0.1, -0.05) is 17.7 Å². The molecule has 5 nitrogen and oxygen atoms in total. The van der Waals surface area contributed by atoms with Crippen LogP contribution in [-0.4, -0.2) is 29.3 Å². The van der Waals surface area contributed by atoms with Crippen molar-refractivity contribution < 1.29 is 19.5 Å². The molecule has 5 heteroatoms. The number of benzene rings is 1. The van der Waals surface area contributed by atoms with Gasteiger partial charge in [0, 0.05) is 12.0 Å². The summed E-state index contributed by atoms with van der Waals surface area (Å²) in [5.74, 6) is -1.64. The monoisotopic (exact) mass is 249 g/mol. The first-order chi connectivity index (χ1) is 8.49. The molecule has 0 heterocycles. The molecule has 1 rings (SSSR count). The number of nitrogens with one attached hydrogen (secondary N) is 1. The molecule has 96 valence electrons. The van der Waals surface area contributed by atoms with E-state index in [-0.39, 0.29) is 31.1 Å². The predicted octanol–water partition coefficient (Wildman–Crippen LogP) is 1.16. The van der Waals surface area contributed by atoms with Gasteiger partial charge in [0.15, 0.2) is 5.78 Å². The Hall–Kier alpha value is -2.17. The molecule has 0 aliphatic rings. The molecule has 0 aliphatic heterocycles. The summed E-state index contributed by atoms with van der Waals surface area (Å²) in [7, 11) is 0. The summed E-state index contributed by atoms with van der Waals surface area (Å²) in [5, 5.41) is 10.9. The Bertz CT molecular complexity index is 468. The fourth-order valence-corrected chi connectivity index (χ4v) is 1.40. The van der Waals surface area contributed by atoms with Gasteiger partial charge in [-0.2, -0.15) is 0 Å². The van der Waals surface area contributed by atoms with E-state index < -0.39 is 5.97 Å². The van der Waals surface area contributed by atoms with Gasteiger partial charge in [0.2, 0.25) is 0 Å². The van der Waals surface area contributed by atoms with Gasteiger partial charge >= 0.3 is 5.97 Å². The molecule has 0 aliphatic carbocycles. The number of aryl methyl sites for hydroxylation is 1. The minimum absolute atomic E-state index is 0.0660. The van der Waals surface area contributed by atoms with E-state index in [2.05, 4.69) is 5.32 Å². The topological polar surface area (TPSA) is 83.5 Å². The van der Waals surface area contributed by atoms with Crippen LogP contribution in [0.25, 0.3) is 0 Å². The van der Waals surface area contributed by atoms with Gasteiger partial charge in [-0.25, -0.2) is 0 Å². The Morgan fingerprint density at radius 1 is 1.22 bits per heavy atom. The molecule has 0 radical (unpaired) electrons. The third-order valence-corrected chi connectivity index (χ3v) is 2.34. The summed E-state index contributed by atoms with van der Waals surface area (Å²) in [6.07, 6.45) is -0.275.